The molecule has 0 bridgehead atoms. The number of nitrogens with one attached hydrogen (secondary N) is 1. The van der Waals surface area contributed by atoms with Crippen molar-refractivity contribution < 1.29 is 4.79 Å². The molecule has 1 atom stereocenters. The predicted molar refractivity (Wildman–Crippen MR) is 73.2 cm³/mol. The van der Waals surface area contributed by atoms with Crippen LogP contribution >= 0.6 is 0 Å². The van der Waals surface area contributed by atoms with Crippen molar-refractivity contribution in [2.45, 2.75) is 38.6 Å². The first-order valence-electron chi connectivity index (χ1n) is 6.70. The number of nitrogens with two attached hydrogens (primary N) is 1. The zero-order valence-electron chi connectivity index (χ0n) is 11.1. The highest BCUT2D eigenvalue weighted by Gasteiger charge is 2.25. The smallest absolute Gasteiger partial charge is 0.239 e. The molecule has 0 spiro atoms. The van der Waals surface area contributed by atoms with Gasteiger partial charge in [0.1, 0.15) is 6.04 Å². The van der Waals surface area contributed by atoms with Gasteiger partial charge >= 0.3 is 0 Å². The summed E-state index contributed by atoms with van der Waals surface area (Å²) in [7, 11) is 0. The number of amides is 1. The third-order valence-electron chi connectivity index (χ3n) is 3.31. The van der Waals surface area contributed by atoms with Gasteiger partial charge in [0, 0.05) is 0 Å². The van der Waals surface area contributed by atoms with Gasteiger partial charge in [0.05, 0.1) is 0 Å². The van der Waals surface area contributed by atoms with Crippen LogP contribution in [-0.2, 0) is 4.79 Å². The average molecular weight is 246 g/mol. The highest BCUT2D eigenvalue weighted by molar-refractivity contribution is 5.81. The molecule has 1 fully saturated rings. The molecule has 0 heterocycles. The molecule has 3 heteroatoms. The summed E-state index contributed by atoms with van der Waals surface area (Å²) in [5.41, 5.74) is 7.83. The molecule has 98 valence electrons. The van der Waals surface area contributed by atoms with Crippen molar-refractivity contribution >= 4 is 5.91 Å². The van der Waals surface area contributed by atoms with Gasteiger partial charge in [0.2, 0.25) is 5.91 Å². The van der Waals surface area contributed by atoms with Crippen LogP contribution < -0.4 is 11.1 Å². The Kier molecular flexibility index (Phi) is 4.02. The third-order valence-corrected chi connectivity index (χ3v) is 3.31. The molecule has 1 aliphatic rings. The summed E-state index contributed by atoms with van der Waals surface area (Å²) in [4.78, 5) is 11.6. The molecule has 1 saturated carbocycles. The first-order valence-corrected chi connectivity index (χ1v) is 6.70. The van der Waals surface area contributed by atoms with Crippen LogP contribution in [0, 0.1) is 5.92 Å². The van der Waals surface area contributed by atoms with Gasteiger partial charge in [-0.1, -0.05) is 38.1 Å². The van der Waals surface area contributed by atoms with E-state index < -0.39 is 0 Å². The minimum atomic E-state index is -0.369. The van der Waals surface area contributed by atoms with Crippen molar-refractivity contribution in [2.24, 2.45) is 11.7 Å². The van der Waals surface area contributed by atoms with Crippen LogP contribution in [0.5, 0.6) is 0 Å². The zero-order chi connectivity index (χ0) is 13.1. The van der Waals surface area contributed by atoms with E-state index in [-0.39, 0.29) is 11.9 Å². The minimum absolute atomic E-state index is 0.302. The van der Waals surface area contributed by atoms with Crippen LogP contribution in [0.25, 0.3) is 0 Å². The summed E-state index contributed by atoms with van der Waals surface area (Å²) in [6.45, 7) is 5.03. The quantitative estimate of drug-likeness (QED) is 0.809. The molecule has 1 aromatic rings. The van der Waals surface area contributed by atoms with Crippen LogP contribution in [0.4, 0.5) is 0 Å². The zero-order valence-corrected chi connectivity index (χ0v) is 11.1. The Hall–Kier alpha value is -1.35. The van der Waals surface area contributed by atoms with E-state index in [0.717, 1.165) is 12.1 Å². The molecule has 3 nitrogen and oxygen atoms in total. The number of benzene rings is 1. The van der Waals surface area contributed by atoms with Crippen LogP contribution in [0.15, 0.2) is 24.3 Å². The first-order chi connectivity index (χ1) is 8.58. The lowest BCUT2D eigenvalue weighted by Gasteiger charge is -2.18. The Balaban J connectivity index is 2.13. The topological polar surface area (TPSA) is 55.1 Å². The molecular weight excluding hydrogens is 224 g/mol. The molecule has 0 aliphatic heterocycles. The van der Waals surface area contributed by atoms with Crippen LogP contribution in [-0.4, -0.2) is 12.5 Å². The Labute approximate surface area is 109 Å². The van der Waals surface area contributed by atoms with Gasteiger partial charge in [-0.2, -0.15) is 0 Å². The molecule has 2 rings (SSSR count). The normalized spacial score (nSPS) is 16.8. The Morgan fingerprint density at radius 2 is 2.17 bits per heavy atom. The van der Waals surface area contributed by atoms with E-state index in [2.05, 4.69) is 31.3 Å². The Bertz CT molecular complexity index is 424. The van der Waals surface area contributed by atoms with Gasteiger partial charge in [-0.05, 0) is 42.3 Å². The van der Waals surface area contributed by atoms with Crippen molar-refractivity contribution in [2.75, 3.05) is 6.54 Å². The molecular formula is C15H22N2O. The van der Waals surface area contributed by atoms with Crippen molar-refractivity contribution in [3.8, 4) is 0 Å². The molecule has 1 aromatic carbocycles. The maximum atomic E-state index is 11.6. The van der Waals surface area contributed by atoms with Crippen molar-refractivity contribution in [3.63, 3.8) is 0 Å². The molecule has 0 aromatic heterocycles. The van der Waals surface area contributed by atoms with Gasteiger partial charge < -0.3 is 11.1 Å². The fourth-order valence-electron chi connectivity index (χ4n) is 2.15. The molecule has 1 amide bonds. The summed E-state index contributed by atoms with van der Waals surface area (Å²) in [6.07, 6.45) is 2.54. The number of hydrogen-bond acceptors (Lipinski definition) is 2. The Morgan fingerprint density at radius 3 is 2.72 bits per heavy atom. The summed E-state index contributed by atoms with van der Waals surface area (Å²) in [6, 6.07) is 7.90. The van der Waals surface area contributed by atoms with Crippen molar-refractivity contribution in [1.82, 2.24) is 5.32 Å². The van der Waals surface area contributed by atoms with E-state index in [1.165, 1.54) is 18.4 Å². The van der Waals surface area contributed by atoms with Crippen LogP contribution in [0.1, 0.15) is 49.8 Å². The van der Waals surface area contributed by atoms with E-state index in [1.54, 1.807) is 0 Å². The molecule has 1 unspecified atom stereocenters. The molecule has 0 saturated heterocycles. The minimum Gasteiger partial charge on any atom is -0.368 e. The van der Waals surface area contributed by atoms with Gasteiger partial charge in [0.15, 0.2) is 0 Å². The highest BCUT2D eigenvalue weighted by Crippen LogP contribution is 2.40. The molecule has 0 radical (unpaired) electrons. The molecule has 3 N–H and O–H groups in total. The van der Waals surface area contributed by atoms with E-state index in [1.807, 2.05) is 12.1 Å². The van der Waals surface area contributed by atoms with Crippen LogP contribution in [0.2, 0.25) is 0 Å². The van der Waals surface area contributed by atoms with E-state index in [4.69, 9.17) is 5.73 Å². The largest absolute Gasteiger partial charge is 0.368 e. The summed E-state index contributed by atoms with van der Waals surface area (Å²) >= 11 is 0. The fraction of sp³-hybridized carbons (Fsp3) is 0.533. The van der Waals surface area contributed by atoms with E-state index in [9.17, 15) is 4.79 Å². The lowest BCUT2D eigenvalue weighted by atomic mass is 10.0. The summed E-state index contributed by atoms with van der Waals surface area (Å²) < 4.78 is 0. The van der Waals surface area contributed by atoms with Crippen molar-refractivity contribution in [1.29, 1.82) is 0 Å². The number of rotatable bonds is 6. The number of hydrogen-bond donors (Lipinski definition) is 2. The highest BCUT2D eigenvalue weighted by atomic mass is 16.1. The lowest BCUT2D eigenvalue weighted by Crippen LogP contribution is -2.35. The lowest BCUT2D eigenvalue weighted by molar-refractivity contribution is -0.120. The van der Waals surface area contributed by atoms with Crippen LogP contribution in [0.3, 0.4) is 0 Å². The first kappa shape index (κ1) is 13.1. The second-order valence-electron chi connectivity index (χ2n) is 5.58. The van der Waals surface area contributed by atoms with E-state index >= 15 is 0 Å². The number of carbonyl (C=O) groups excluding carboxylic acids is 1. The van der Waals surface area contributed by atoms with Gasteiger partial charge in [-0.15, -0.1) is 0 Å². The molecule has 18 heavy (non-hydrogen) atoms. The Morgan fingerprint density at radius 1 is 1.44 bits per heavy atom. The SMILES string of the molecule is CC(C)CNC(C(N)=O)c1cccc(C2CC2)c1. The predicted octanol–water partition coefficient (Wildman–Crippen LogP) is 2.34. The second-order valence-corrected chi connectivity index (χ2v) is 5.58. The molecule has 1 aliphatic carbocycles. The standard InChI is InChI=1S/C15H22N2O/c1-10(2)9-17-14(15(16)18)13-5-3-4-12(8-13)11-6-7-11/h3-5,8,10-11,14,17H,6-7,9H2,1-2H3,(H2,16,18). The number of carbonyl (C=O) groups is 1. The van der Waals surface area contributed by atoms with E-state index in [0.29, 0.717) is 11.8 Å². The monoisotopic (exact) mass is 246 g/mol. The van der Waals surface area contributed by atoms with Gasteiger partial charge in [-0.3, -0.25) is 4.79 Å². The van der Waals surface area contributed by atoms with Crippen molar-refractivity contribution in [3.05, 3.63) is 35.4 Å². The summed E-state index contributed by atoms with van der Waals surface area (Å²) in [5, 5.41) is 3.25. The van der Waals surface area contributed by atoms with Gasteiger partial charge in [-0.25, -0.2) is 0 Å². The maximum Gasteiger partial charge on any atom is 0.239 e. The maximum absolute atomic E-state index is 11.6. The third kappa shape index (κ3) is 3.33. The van der Waals surface area contributed by atoms with Gasteiger partial charge in [0.25, 0.3) is 0 Å². The second kappa shape index (κ2) is 5.53. The summed E-state index contributed by atoms with van der Waals surface area (Å²) in [5.74, 6) is 0.894. The fourth-order valence-corrected chi connectivity index (χ4v) is 2.15. The number of primary amides is 1. The average Bonchev–Trinajstić information content (AvgIpc) is 3.12.